The Morgan fingerprint density at radius 1 is 0.259 bits per heavy atom. The van der Waals surface area contributed by atoms with Gasteiger partial charge in [-0.2, -0.15) is 0 Å². The van der Waals surface area contributed by atoms with E-state index in [1.807, 2.05) is 0 Å². The first-order valence-corrected chi connectivity index (χ1v) is 18.7. The summed E-state index contributed by atoms with van der Waals surface area (Å²) in [4.78, 5) is 0. The molecule has 0 atom stereocenters. The lowest BCUT2D eigenvalue weighted by Crippen LogP contribution is -1.93. The molecule has 0 bridgehead atoms. The molecule has 0 aliphatic heterocycles. The minimum atomic E-state index is 1.16. The van der Waals surface area contributed by atoms with Gasteiger partial charge in [-0.05, 0) is 111 Å². The Morgan fingerprint density at radius 2 is 0.722 bits per heavy atom. The number of hydrogen-bond acceptors (Lipinski definition) is 0. The van der Waals surface area contributed by atoms with Crippen LogP contribution in [-0.2, 0) is 0 Å². The molecule has 0 aliphatic carbocycles. The smallest absolute Gasteiger partial charge is 0.00201 e. The Balaban J connectivity index is 1.21. The average molecular weight is 685 g/mol. The van der Waals surface area contributed by atoms with Gasteiger partial charge in [-0.1, -0.05) is 206 Å². The highest BCUT2D eigenvalue weighted by Crippen LogP contribution is 2.45. The lowest BCUT2D eigenvalue weighted by Gasteiger charge is -2.19. The van der Waals surface area contributed by atoms with E-state index < -0.39 is 0 Å². The summed E-state index contributed by atoms with van der Waals surface area (Å²) in [6.45, 7) is 0. The van der Waals surface area contributed by atoms with Crippen molar-refractivity contribution in [3.63, 3.8) is 0 Å². The van der Waals surface area contributed by atoms with Gasteiger partial charge in [-0.25, -0.2) is 0 Å². The van der Waals surface area contributed by atoms with Crippen LogP contribution in [-0.4, -0.2) is 0 Å². The predicted octanol–water partition coefficient (Wildman–Crippen LogP) is 15.1. The minimum absolute atomic E-state index is 1.16. The zero-order valence-electron chi connectivity index (χ0n) is 29.8. The maximum atomic E-state index is 2.38. The van der Waals surface area contributed by atoms with Crippen LogP contribution >= 0.6 is 0 Å². The Hall–Kier alpha value is -7.02. The monoisotopic (exact) mass is 684 g/mol. The van der Waals surface area contributed by atoms with Gasteiger partial charge in [0.1, 0.15) is 0 Å². The van der Waals surface area contributed by atoms with Crippen LogP contribution in [0.1, 0.15) is 22.3 Å². The first-order chi connectivity index (χ1) is 26.8. The van der Waals surface area contributed by atoms with Gasteiger partial charge in [0.15, 0.2) is 0 Å². The maximum absolute atomic E-state index is 2.38. The van der Waals surface area contributed by atoms with Crippen molar-refractivity contribution in [2.24, 2.45) is 0 Å². The quantitative estimate of drug-likeness (QED) is 0.121. The molecule has 0 unspecified atom stereocenters. The molecule has 0 nitrogen and oxygen atoms in total. The zero-order valence-corrected chi connectivity index (χ0v) is 29.8. The van der Waals surface area contributed by atoms with Crippen molar-refractivity contribution in [1.29, 1.82) is 0 Å². The maximum Gasteiger partial charge on any atom is -0.00201 e. The fourth-order valence-electron chi connectivity index (χ4n) is 8.27. The molecule has 54 heavy (non-hydrogen) atoms. The summed E-state index contributed by atoms with van der Waals surface area (Å²) in [6, 6.07) is 70.7. The summed E-state index contributed by atoms with van der Waals surface area (Å²) in [5.74, 6) is 0. The van der Waals surface area contributed by atoms with Crippen LogP contribution in [0.25, 0.3) is 100 Å². The molecule has 252 valence electrons. The standard InChI is InChI=1S/C54H36/c1-2-16-44-36-45(34-31-38(44)13-1)53-48-23-7-9-25-50(48)54(51-26-10-8-24-49(51)53)52-35-37(27-29-41-19-11-17-39-14-3-5-21-46(39)41)28-30-43(52)33-32-42-20-12-18-40-15-4-6-22-47(40)42/h1-36H/b29-27+,33-32+. The summed E-state index contributed by atoms with van der Waals surface area (Å²) in [7, 11) is 0. The highest BCUT2D eigenvalue weighted by Gasteiger charge is 2.18. The second kappa shape index (κ2) is 13.5. The van der Waals surface area contributed by atoms with Crippen molar-refractivity contribution in [2.45, 2.75) is 0 Å². The molecule has 0 amide bonds. The largest absolute Gasteiger partial charge is 0.0616 e. The van der Waals surface area contributed by atoms with Crippen molar-refractivity contribution in [1.82, 2.24) is 0 Å². The fraction of sp³-hybridized carbons (Fsp3) is 0. The first-order valence-electron chi connectivity index (χ1n) is 18.7. The molecule has 0 aliphatic rings. The highest BCUT2D eigenvalue weighted by atomic mass is 14.2. The molecule has 0 aromatic heterocycles. The molecular weight excluding hydrogens is 649 g/mol. The van der Waals surface area contributed by atoms with E-state index in [9.17, 15) is 0 Å². The van der Waals surface area contributed by atoms with Gasteiger partial charge in [0.05, 0.1) is 0 Å². The second-order valence-electron chi connectivity index (χ2n) is 14.1. The van der Waals surface area contributed by atoms with E-state index >= 15 is 0 Å². The van der Waals surface area contributed by atoms with Crippen LogP contribution in [0.4, 0.5) is 0 Å². The molecule has 0 saturated carbocycles. The third kappa shape index (κ3) is 5.66. The van der Waals surface area contributed by atoms with Crippen molar-refractivity contribution < 1.29 is 0 Å². The fourth-order valence-corrected chi connectivity index (χ4v) is 8.27. The number of hydrogen-bond donors (Lipinski definition) is 0. The number of rotatable bonds is 6. The molecule has 10 aromatic carbocycles. The Morgan fingerprint density at radius 3 is 1.33 bits per heavy atom. The summed E-state index contributed by atoms with van der Waals surface area (Å²) < 4.78 is 0. The van der Waals surface area contributed by atoms with Crippen LogP contribution in [0, 0.1) is 0 Å². The lowest BCUT2D eigenvalue weighted by molar-refractivity contribution is 1.60. The molecule has 0 heteroatoms. The van der Waals surface area contributed by atoms with Crippen molar-refractivity contribution >= 4 is 78.2 Å². The third-order valence-corrected chi connectivity index (χ3v) is 10.9. The van der Waals surface area contributed by atoms with Gasteiger partial charge >= 0.3 is 0 Å². The van der Waals surface area contributed by atoms with E-state index in [1.165, 1.54) is 92.8 Å². The van der Waals surface area contributed by atoms with E-state index in [0.29, 0.717) is 0 Å². The average Bonchev–Trinajstić information content (AvgIpc) is 3.24. The van der Waals surface area contributed by atoms with Crippen molar-refractivity contribution in [3.05, 3.63) is 216 Å². The normalized spacial score (nSPS) is 11.9. The van der Waals surface area contributed by atoms with Gasteiger partial charge in [0, 0.05) is 0 Å². The first kappa shape index (κ1) is 31.7. The summed E-state index contributed by atoms with van der Waals surface area (Å²) in [5, 5.41) is 12.5. The van der Waals surface area contributed by atoms with Crippen LogP contribution < -0.4 is 0 Å². The molecule has 0 spiro atoms. The summed E-state index contributed by atoms with van der Waals surface area (Å²) >= 11 is 0. The highest BCUT2D eigenvalue weighted by molar-refractivity contribution is 6.22. The van der Waals surface area contributed by atoms with E-state index in [1.54, 1.807) is 0 Å². The molecule has 0 radical (unpaired) electrons. The van der Waals surface area contributed by atoms with Crippen molar-refractivity contribution in [2.75, 3.05) is 0 Å². The second-order valence-corrected chi connectivity index (χ2v) is 14.1. The Kier molecular flexibility index (Phi) is 7.93. The van der Waals surface area contributed by atoms with E-state index in [4.69, 9.17) is 0 Å². The topological polar surface area (TPSA) is 0 Å². The third-order valence-electron chi connectivity index (χ3n) is 10.9. The number of benzene rings is 10. The Bertz CT molecular complexity index is 3030. The minimum Gasteiger partial charge on any atom is -0.0616 e. The lowest BCUT2D eigenvalue weighted by atomic mass is 9.84. The molecule has 10 rings (SSSR count). The van der Waals surface area contributed by atoms with E-state index in [-0.39, 0.29) is 0 Å². The molecule has 0 fully saturated rings. The van der Waals surface area contributed by atoms with Crippen LogP contribution in [0.15, 0.2) is 194 Å². The van der Waals surface area contributed by atoms with Gasteiger partial charge < -0.3 is 0 Å². The SMILES string of the molecule is C(=C\c1cccc2ccccc12)/c1ccc(/C=C/c2cccc3ccccc23)c(-c2c3ccccc3c(-c3ccc4ccccc4c3)c3ccccc23)c1. The number of fused-ring (bicyclic) bond motifs is 5. The zero-order chi connectivity index (χ0) is 35.8. The molecule has 0 N–H and O–H groups in total. The van der Waals surface area contributed by atoms with E-state index in [2.05, 4.69) is 218 Å². The molecule has 10 aromatic rings. The van der Waals surface area contributed by atoms with Gasteiger partial charge in [-0.15, -0.1) is 0 Å². The molecular formula is C54H36. The van der Waals surface area contributed by atoms with Crippen LogP contribution in [0.3, 0.4) is 0 Å². The summed E-state index contributed by atoms with van der Waals surface area (Å²) in [6.07, 6.45) is 9.10. The van der Waals surface area contributed by atoms with Crippen LogP contribution in [0.2, 0.25) is 0 Å². The Labute approximate surface area is 315 Å². The predicted molar refractivity (Wildman–Crippen MR) is 236 cm³/mol. The van der Waals surface area contributed by atoms with Gasteiger partial charge in [-0.3, -0.25) is 0 Å². The van der Waals surface area contributed by atoms with E-state index in [0.717, 1.165) is 5.56 Å². The molecule has 0 heterocycles. The molecule has 0 saturated heterocycles. The summed E-state index contributed by atoms with van der Waals surface area (Å²) in [5.41, 5.74) is 9.73. The van der Waals surface area contributed by atoms with Gasteiger partial charge in [0.2, 0.25) is 0 Å². The van der Waals surface area contributed by atoms with Gasteiger partial charge in [0.25, 0.3) is 0 Å². The van der Waals surface area contributed by atoms with Crippen molar-refractivity contribution in [3.8, 4) is 22.3 Å². The van der Waals surface area contributed by atoms with Crippen LogP contribution in [0.5, 0.6) is 0 Å².